The average Bonchev–Trinajstić information content (AvgIpc) is 2.47. The molecule has 0 spiro atoms. The third-order valence-corrected chi connectivity index (χ3v) is 4.91. The van der Waals surface area contributed by atoms with Gasteiger partial charge in [-0.15, -0.1) is 0 Å². The number of nitrogens with one attached hydrogen (secondary N) is 1. The lowest BCUT2D eigenvalue weighted by Crippen LogP contribution is -2.48. The molecule has 3 rings (SSSR count). The molecule has 3 heteroatoms. The van der Waals surface area contributed by atoms with Crippen molar-refractivity contribution in [2.24, 2.45) is 0 Å². The van der Waals surface area contributed by atoms with Crippen LogP contribution < -0.4 is 5.32 Å². The van der Waals surface area contributed by atoms with E-state index in [4.69, 9.17) is 0 Å². The van der Waals surface area contributed by atoms with Crippen LogP contribution in [-0.4, -0.2) is 56.1 Å². The standard InChI is InChI=1S/C17H27N3/c1-19-11-5-7-15(12-19)20(2)13-17-16-8-4-3-6-14(16)9-10-18-17/h3-4,6,8,15,17-18H,5,7,9-13H2,1-2H3. The van der Waals surface area contributed by atoms with Crippen LogP contribution in [0.4, 0.5) is 0 Å². The van der Waals surface area contributed by atoms with Crippen LogP contribution in [0.3, 0.4) is 0 Å². The number of benzene rings is 1. The molecule has 1 N–H and O–H groups in total. The summed E-state index contributed by atoms with van der Waals surface area (Å²) in [6.07, 6.45) is 3.85. The number of likely N-dealkylation sites (tertiary alicyclic amines) is 1. The Morgan fingerprint density at radius 1 is 1.35 bits per heavy atom. The van der Waals surface area contributed by atoms with Crippen molar-refractivity contribution in [2.45, 2.75) is 31.3 Å². The Morgan fingerprint density at radius 2 is 2.20 bits per heavy atom. The van der Waals surface area contributed by atoms with E-state index in [1.807, 2.05) is 0 Å². The molecular weight excluding hydrogens is 246 g/mol. The van der Waals surface area contributed by atoms with Crippen molar-refractivity contribution in [3.63, 3.8) is 0 Å². The minimum absolute atomic E-state index is 0.497. The van der Waals surface area contributed by atoms with Crippen LogP contribution in [0.1, 0.15) is 30.0 Å². The molecule has 0 aliphatic carbocycles. The molecule has 1 fully saturated rings. The minimum atomic E-state index is 0.497. The van der Waals surface area contributed by atoms with Crippen molar-refractivity contribution in [2.75, 3.05) is 40.3 Å². The Kier molecular flexibility index (Phi) is 4.39. The van der Waals surface area contributed by atoms with Crippen LogP contribution in [0.15, 0.2) is 24.3 Å². The largest absolute Gasteiger partial charge is 0.309 e. The van der Waals surface area contributed by atoms with Crippen LogP contribution >= 0.6 is 0 Å². The second-order valence-electron chi connectivity index (χ2n) is 6.45. The summed E-state index contributed by atoms with van der Waals surface area (Å²) < 4.78 is 0. The van der Waals surface area contributed by atoms with Gasteiger partial charge in [0, 0.05) is 25.2 Å². The number of hydrogen-bond acceptors (Lipinski definition) is 3. The zero-order valence-electron chi connectivity index (χ0n) is 12.8. The number of likely N-dealkylation sites (N-methyl/N-ethyl adjacent to an activating group) is 2. The van der Waals surface area contributed by atoms with E-state index in [1.165, 1.54) is 43.5 Å². The molecule has 1 aromatic rings. The van der Waals surface area contributed by atoms with Crippen molar-refractivity contribution in [3.8, 4) is 0 Å². The maximum absolute atomic E-state index is 3.70. The third kappa shape index (κ3) is 3.05. The van der Waals surface area contributed by atoms with E-state index in [-0.39, 0.29) is 0 Å². The van der Waals surface area contributed by atoms with E-state index in [1.54, 1.807) is 0 Å². The average molecular weight is 273 g/mol. The maximum Gasteiger partial charge on any atom is 0.0452 e. The lowest BCUT2D eigenvalue weighted by atomic mass is 9.93. The molecule has 2 unspecified atom stereocenters. The quantitative estimate of drug-likeness (QED) is 0.907. The highest BCUT2D eigenvalue weighted by atomic mass is 15.2. The summed E-state index contributed by atoms with van der Waals surface area (Å²) in [6, 6.07) is 10.1. The number of fused-ring (bicyclic) bond motifs is 1. The van der Waals surface area contributed by atoms with Gasteiger partial charge in [-0.1, -0.05) is 24.3 Å². The molecule has 110 valence electrons. The van der Waals surface area contributed by atoms with Crippen LogP contribution in [0.25, 0.3) is 0 Å². The van der Waals surface area contributed by atoms with Gasteiger partial charge in [0.15, 0.2) is 0 Å². The smallest absolute Gasteiger partial charge is 0.0452 e. The molecule has 2 heterocycles. The normalized spacial score (nSPS) is 27.6. The zero-order chi connectivity index (χ0) is 13.9. The van der Waals surface area contributed by atoms with Gasteiger partial charge in [0.25, 0.3) is 0 Å². The fourth-order valence-corrected chi connectivity index (χ4v) is 3.69. The topological polar surface area (TPSA) is 18.5 Å². The second kappa shape index (κ2) is 6.25. The van der Waals surface area contributed by atoms with Crippen LogP contribution in [0.5, 0.6) is 0 Å². The molecule has 1 saturated heterocycles. The summed E-state index contributed by atoms with van der Waals surface area (Å²) in [6.45, 7) is 4.70. The molecule has 2 aliphatic heterocycles. The van der Waals surface area contributed by atoms with Gasteiger partial charge in [-0.2, -0.15) is 0 Å². The number of nitrogens with zero attached hydrogens (tertiary/aromatic N) is 2. The van der Waals surface area contributed by atoms with Crippen molar-refractivity contribution < 1.29 is 0 Å². The summed E-state index contributed by atoms with van der Waals surface area (Å²) in [7, 11) is 4.54. The van der Waals surface area contributed by atoms with E-state index in [0.717, 1.165) is 13.1 Å². The Balaban J connectivity index is 1.66. The first-order chi connectivity index (χ1) is 9.74. The van der Waals surface area contributed by atoms with Crippen molar-refractivity contribution in [3.05, 3.63) is 35.4 Å². The van der Waals surface area contributed by atoms with Crippen molar-refractivity contribution >= 4 is 0 Å². The fraction of sp³-hybridized carbons (Fsp3) is 0.647. The molecule has 3 nitrogen and oxygen atoms in total. The molecule has 0 amide bonds. The Hall–Kier alpha value is -0.900. The molecule has 0 saturated carbocycles. The highest BCUT2D eigenvalue weighted by molar-refractivity contribution is 5.32. The van der Waals surface area contributed by atoms with E-state index >= 15 is 0 Å². The molecule has 0 aromatic heterocycles. The SMILES string of the molecule is CN1CCCC(N(C)CC2NCCc3ccccc32)C1. The minimum Gasteiger partial charge on any atom is -0.309 e. The highest BCUT2D eigenvalue weighted by Crippen LogP contribution is 2.24. The van der Waals surface area contributed by atoms with Gasteiger partial charge < -0.3 is 15.1 Å². The molecule has 20 heavy (non-hydrogen) atoms. The van der Waals surface area contributed by atoms with Gasteiger partial charge in [-0.3, -0.25) is 0 Å². The van der Waals surface area contributed by atoms with Crippen molar-refractivity contribution in [1.82, 2.24) is 15.1 Å². The van der Waals surface area contributed by atoms with E-state index in [2.05, 4.69) is 53.5 Å². The van der Waals surface area contributed by atoms with Gasteiger partial charge in [-0.25, -0.2) is 0 Å². The third-order valence-electron chi connectivity index (χ3n) is 4.91. The first-order valence-corrected chi connectivity index (χ1v) is 7.94. The summed E-state index contributed by atoms with van der Waals surface area (Å²) in [5.74, 6) is 0. The number of rotatable bonds is 3. The van der Waals surface area contributed by atoms with Gasteiger partial charge >= 0.3 is 0 Å². The Labute approximate surface area is 123 Å². The van der Waals surface area contributed by atoms with E-state index in [0.29, 0.717) is 12.1 Å². The van der Waals surface area contributed by atoms with Gasteiger partial charge in [0.1, 0.15) is 0 Å². The monoisotopic (exact) mass is 273 g/mol. The molecular formula is C17H27N3. The van der Waals surface area contributed by atoms with Gasteiger partial charge in [0.2, 0.25) is 0 Å². The molecule has 2 aliphatic rings. The first-order valence-electron chi connectivity index (χ1n) is 7.94. The lowest BCUT2D eigenvalue weighted by molar-refractivity contribution is 0.124. The predicted octanol–water partition coefficient (Wildman–Crippen LogP) is 1.90. The summed E-state index contributed by atoms with van der Waals surface area (Å²) in [4.78, 5) is 5.03. The maximum atomic E-state index is 3.70. The van der Waals surface area contributed by atoms with Crippen LogP contribution in [-0.2, 0) is 6.42 Å². The lowest BCUT2D eigenvalue weighted by Gasteiger charge is -2.38. The summed E-state index contributed by atoms with van der Waals surface area (Å²) in [5, 5.41) is 3.70. The number of hydrogen-bond donors (Lipinski definition) is 1. The summed E-state index contributed by atoms with van der Waals surface area (Å²) in [5.41, 5.74) is 3.04. The second-order valence-corrected chi connectivity index (χ2v) is 6.45. The predicted molar refractivity (Wildman–Crippen MR) is 84.0 cm³/mol. The van der Waals surface area contributed by atoms with Gasteiger partial charge in [0.05, 0.1) is 0 Å². The molecule has 1 aromatic carbocycles. The summed E-state index contributed by atoms with van der Waals surface area (Å²) >= 11 is 0. The van der Waals surface area contributed by atoms with E-state index in [9.17, 15) is 0 Å². The number of piperidine rings is 1. The van der Waals surface area contributed by atoms with Crippen molar-refractivity contribution in [1.29, 1.82) is 0 Å². The van der Waals surface area contributed by atoms with E-state index < -0.39 is 0 Å². The molecule has 0 radical (unpaired) electrons. The van der Waals surface area contributed by atoms with Crippen LogP contribution in [0.2, 0.25) is 0 Å². The zero-order valence-corrected chi connectivity index (χ0v) is 12.8. The van der Waals surface area contributed by atoms with Gasteiger partial charge in [-0.05, 0) is 57.6 Å². The molecule has 2 atom stereocenters. The van der Waals surface area contributed by atoms with Crippen LogP contribution in [0, 0.1) is 0 Å². The molecule has 0 bridgehead atoms. The Morgan fingerprint density at radius 3 is 3.05 bits per heavy atom. The first kappa shape index (κ1) is 14.1. The Bertz CT molecular complexity index is 446. The highest BCUT2D eigenvalue weighted by Gasteiger charge is 2.25. The fourth-order valence-electron chi connectivity index (χ4n) is 3.69.